The number of benzene rings is 3. The van der Waals surface area contributed by atoms with E-state index in [9.17, 15) is 0 Å². The molecule has 0 N–H and O–H groups in total. The van der Waals surface area contributed by atoms with Gasteiger partial charge in [-0.25, -0.2) is 0 Å². The van der Waals surface area contributed by atoms with Gasteiger partial charge in [0.05, 0.1) is 7.11 Å². The lowest BCUT2D eigenvalue weighted by molar-refractivity contribution is 0.415. The largest absolute Gasteiger partial charge is 0.497 e. The third-order valence-electron chi connectivity index (χ3n) is 4.82. The Morgan fingerprint density at radius 3 is 2.35 bits per heavy atom. The first kappa shape index (κ1) is 16.9. The van der Waals surface area contributed by atoms with E-state index in [1.165, 1.54) is 37.2 Å². The molecule has 0 radical (unpaired) electrons. The van der Waals surface area contributed by atoms with E-state index in [4.69, 9.17) is 4.74 Å². The van der Waals surface area contributed by atoms with Crippen molar-refractivity contribution < 1.29 is 4.74 Å². The molecule has 1 nitrogen and oxygen atoms in total. The van der Waals surface area contributed by atoms with Gasteiger partial charge in [0.2, 0.25) is 0 Å². The predicted octanol–water partition coefficient (Wildman–Crippen LogP) is 6.67. The van der Waals surface area contributed by atoms with Gasteiger partial charge in [0.1, 0.15) is 5.75 Å². The molecule has 0 aliphatic carbocycles. The maximum Gasteiger partial charge on any atom is 0.120 e. The summed E-state index contributed by atoms with van der Waals surface area (Å²) in [6.45, 7) is 2.14. The summed E-state index contributed by atoms with van der Waals surface area (Å²) in [4.78, 5) is 1.38. The van der Waals surface area contributed by atoms with E-state index in [1.807, 2.05) is 11.3 Å². The van der Waals surface area contributed by atoms with E-state index in [1.54, 1.807) is 7.11 Å². The van der Waals surface area contributed by atoms with Gasteiger partial charge in [-0.3, -0.25) is 0 Å². The number of thiophene rings is 1. The molecule has 4 rings (SSSR count). The fourth-order valence-electron chi connectivity index (χ4n) is 3.35. The van der Waals surface area contributed by atoms with E-state index >= 15 is 0 Å². The fraction of sp³-hybridized carbons (Fsp3) is 0.167. The zero-order valence-electron chi connectivity index (χ0n) is 15.2. The summed E-state index contributed by atoms with van der Waals surface area (Å²) in [6, 6.07) is 26.0. The number of fused-ring (bicyclic) bond motifs is 1. The minimum atomic E-state index is 0.920. The zero-order valence-corrected chi connectivity index (χ0v) is 16.0. The quantitative estimate of drug-likeness (QED) is 0.387. The second-order valence-electron chi connectivity index (χ2n) is 6.62. The molecule has 3 aromatic carbocycles. The summed E-state index contributed by atoms with van der Waals surface area (Å²) in [5.41, 5.74) is 5.44. The first-order valence-corrected chi connectivity index (χ1v) is 9.76. The molecule has 1 heterocycles. The van der Waals surface area contributed by atoms with E-state index in [0.29, 0.717) is 0 Å². The lowest BCUT2D eigenvalue weighted by Crippen LogP contribution is -1.93. The van der Waals surface area contributed by atoms with Crippen molar-refractivity contribution in [2.45, 2.75) is 19.8 Å². The van der Waals surface area contributed by atoms with Crippen molar-refractivity contribution in [2.24, 2.45) is 0 Å². The van der Waals surface area contributed by atoms with Gasteiger partial charge in [-0.15, -0.1) is 11.3 Å². The SMILES string of the molecule is COc1ccc2c(CCc3ccc(C)cc3)c(-c3ccccc3)sc2c1. The average molecular weight is 359 g/mol. The second kappa shape index (κ2) is 7.35. The van der Waals surface area contributed by atoms with E-state index in [2.05, 4.69) is 79.7 Å². The van der Waals surface area contributed by atoms with E-state index < -0.39 is 0 Å². The maximum atomic E-state index is 5.42. The van der Waals surface area contributed by atoms with Crippen molar-refractivity contribution in [2.75, 3.05) is 7.11 Å². The summed E-state index contributed by atoms with van der Waals surface area (Å²) < 4.78 is 6.72. The van der Waals surface area contributed by atoms with Crippen LogP contribution in [0.3, 0.4) is 0 Å². The van der Waals surface area contributed by atoms with Gasteiger partial charge in [0, 0.05) is 9.58 Å². The summed E-state index contributed by atoms with van der Waals surface area (Å²) in [7, 11) is 1.73. The molecule has 0 amide bonds. The van der Waals surface area contributed by atoms with Crippen molar-refractivity contribution in [3.05, 3.63) is 89.5 Å². The summed E-state index contributed by atoms with van der Waals surface area (Å²) in [5, 5.41) is 1.35. The molecule has 4 aromatic rings. The Kier molecular flexibility index (Phi) is 4.77. The minimum absolute atomic E-state index is 0.920. The smallest absolute Gasteiger partial charge is 0.120 e. The molecule has 0 saturated carbocycles. The highest BCUT2D eigenvalue weighted by atomic mass is 32.1. The van der Waals surface area contributed by atoms with Gasteiger partial charge < -0.3 is 4.74 Å². The van der Waals surface area contributed by atoms with Crippen molar-refractivity contribution in [1.29, 1.82) is 0 Å². The lowest BCUT2D eigenvalue weighted by atomic mass is 9.98. The van der Waals surface area contributed by atoms with Gasteiger partial charge in [0.15, 0.2) is 0 Å². The lowest BCUT2D eigenvalue weighted by Gasteiger charge is -2.07. The van der Waals surface area contributed by atoms with Crippen LogP contribution in [0, 0.1) is 6.92 Å². The third kappa shape index (κ3) is 3.38. The van der Waals surface area contributed by atoms with Crippen molar-refractivity contribution in [3.8, 4) is 16.2 Å². The Labute approximate surface area is 158 Å². The molecule has 0 aliphatic rings. The molecule has 0 unspecified atom stereocenters. The van der Waals surface area contributed by atoms with Crippen molar-refractivity contribution in [3.63, 3.8) is 0 Å². The Morgan fingerprint density at radius 2 is 1.62 bits per heavy atom. The van der Waals surface area contributed by atoms with Gasteiger partial charge in [-0.1, -0.05) is 60.2 Å². The molecule has 1 aromatic heterocycles. The Hall–Kier alpha value is -2.58. The summed E-state index contributed by atoms with van der Waals surface area (Å²) in [6.07, 6.45) is 2.09. The van der Waals surface area contributed by atoms with Crippen molar-refractivity contribution >= 4 is 21.4 Å². The number of aryl methyl sites for hydroxylation is 3. The van der Waals surface area contributed by atoms with E-state index in [0.717, 1.165) is 18.6 Å². The monoisotopic (exact) mass is 358 g/mol. The molecule has 2 heteroatoms. The first-order chi connectivity index (χ1) is 12.7. The minimum Gasteiger partial charge on any atom is -0.497 e. The van der Waals surface area contributed by atoms with Gasteiger partial charge >= 0.3 is 0 Å². The second-order valence-corrected chi connectivity index (χ2v) is 7.68. The first-order valence-electron chi connectivity index (χ1n) is 8.95. The van der Waals surface area contributed by atoms with Crippen LogP contribution >= 0.6 is 11.3 Å². The number of ether oxygens (including phenoxy) is 1. The van der Waals surface area contributed by atoms with Crippen LogP contribution in [0.15, 0.2) is 72.8 Å². The highest BCUT2D eigenvalue weighted by Gasteiger charge is 2.14. The Balaban J connectivity index is 1.76. The molecule has 0 aliphatic heterocycles. The van der Waals surface area contributed by atoms with Crippen LogP contribution in [0.4, 0.5) is 0 Å². The predicted molar refractivity (Wildman–Crippen MR) is 112 cm³/mol. The highest BCUT2D eigenvalue weighted by molar-refractivity contribution is 7.22. The molecule has 0 atom stereocenters. The number of hydrogen-bond acceptors (Lipinski definition) is 2. The number of rotatable bonds is 5. The Morgan fingerprint density at radius 1 is 0.846 bits per heavy atom. The standard InChI is InChI=1S/C24H22OS/c1-17-8-10-18(11-9-17)12-14-22-21-15-13-20(25-2)16-23(21)26-24(22)19-6-4-3-5-7-19/h3-11,13,15-16H,12,14H2,1-2H3. The van der Waals surface area contributed by atoms with Crippen LogP contribution < -0.4 is 4.74 Å². The Bertz CT molecular complexity index is 1010. The van der Waals surface area contributed by atoms with E-state index in [-0.39, 0.29) is 0 Å². The topological polar surface area (TPSA) is 9.23 Å². The molecule has 0 bridgehead atoms. The van der Waals surface area contributed by atoms with Crippen LogP contribution in [0.1, 0.15) is 16.7 Å². The van der Waals surface area contributed by atoms with Gasteiger partial charge in [-0.2, -0.15) is 0 Å². The summed E-state index contributed by atoms with van der Waals surface area (Å²) >= 11 is 1.86. The van der Waals surface area contributed by atoms with Gasteiger partial charge in [-0.05, 0) is 60.0 Å². The molecule has 0 saturated heterocycles. The fourth-order valence-corrected chi connectivity index (χ4v) is 4.64. The number of hydrogen-bond donors (Lipinski definition) is 0. The van der Waals surface area contributed by atoms with Crippen LogP contribution in [0.25, 0.3) is 20.5 Å². The molecular weight excluding hydrogens is 336 g/mol. The summed E-state index contributed by atoms with van der Waals surface area (Å²) in [5.74, 6) is 0.920. The normalized spacial score (nSPS) is 11.0. The molecule has 0 fully saturated rings. The maximum absolute atomic E-state index is 5.42. The van der Waals surface area contributed by atoms with Crippen LogP contribution in [0.5, 0.6) is 5.75 Å². The van der Waals surface area contributed by atoms with Crippen molar-refractivity contribution in [1.82, 2.24) is 0 Å². The third-order valence-corrected chi connectivity index (χ3v) is 6.06. The number of methoxy groups -OCH3 is 1. The molecule has 130 valence electrons. The van der Waals surface area contributed by atoms with Gasteiger partial charge in [0.25, 0.3) is 0 Å². The molecule has 26 heavy (non-hydrogen) atoms. The molecule has 0 spiro atoms. The van der Waals surface area contributed by atoms with Crippen LogP contribution in [0.2, 0.25) is 0 Å². The van der Waals surface area contributed by atoms with Crippen LogP contribution in [-0.2, 0) is 12.8 Å². The average Bonchev–Trinajstić information content (AvgIpc) is 3.06. The van der Waals surface area contributed by atoms with Crippen LogP contribution in [-0.4, -0.2) is 7.11 Å². The zero-order chi connectivity index (χ0) is 17.9. The highest BCUT2D eigenvalue weighted by Crippen LogP contribution is 2.40. The molecular formula is C24H22OS.